The van der Waals surface area contributed by atoms with Gasteiger partial charge < -0.3 is 14.8 Å². The third-order valence-corrected chi connectivity index (χ3v) is 4.07. The Kier molecular flexibility index (Phi) is 6.13. The van der Waals surface area contributed by atoms with Crippen LogP contribution in [-0.4, -0.2) is 20.1 Å². The van der Waals surface area contributed by atoms with Gasteiger partial charge in [-0.05, 0) is 35.9 Å². The molecule has 2 aromatic carbocycles. The Morgan fingerprint density at radius 2 is 1.78 bits per heavy atom. The fraction of sp³-hybridized carbons (Fsp3) is 0.235. The van der Waals surface area contributed by atoms with Crippen molar-refractivity contribution >= 4 is 29.1 Å². The maximum absolute atomic E-state index is 12.1. The van der Waals surface area contributed by atoms with Gasteiger partial charge >= 0.3 is 0 Å². The second-order valence-corrected chi connectivity index (χ2v) is 5.65. The predicted molar refractivity (Wildman–Crippen MR) is 91.6 cm³/mol. The molecule has 122 valence electrons. The molecule has 23 heavy (non-hydrogen) atoms. The zero-order valence-electron chi connectivity index (χ0n) is 12.9. The molecule has 0 saturated heterocycles. The molecule has 0 unspecified atom stereocenters. The largest absolute Gasteiger partial charge is 0.497 e. The Morgan fingerprint density at radius 3 is 2.39 bits per heavy atom. The van der Waals surface area contributed by atoms with Gasteiger partial charge in [-0.15, -0.1) is 0 Å². The van der Waals surface area contributed by atoms with Crippen LogP contribution in [-0.2, 0) is 17.8 Å². The molecule has 0 aliphatic rings. The number of halogens is 2. The maximum atomic E-state index is 12.1. The van der Waals surface area contributed by atoms with Gasteiger partial charge in [0.25, 0.3) is 0 Å². The third kappa shape index (κ3) is 4.53. The van der Waals surface area contributed by atoms with Crippen LogP contribution in [0.4, 0.5) is 0 Å². The summed E-state index contributed by atoms with van der Waals surface area (Å²) >= 11 is 12.2. The van der Waals surface area contributed by atoms with Gasteiger partial charge in [0.1, 0.15) is 11.5 Å². The van der Waals surface area contributed by atoms with E-state index in [-0.39, 0.29) is 12.3 Å². The van der Waals surface area contributed by atoms with Crippen LogP contribution in [0.15, 0.2) is 36.4 Å². The van der Waals surface area contributed by atoms with Gasteiger partial charge in [-0.2, -0.15) is 0 Å². The van der Waals surface area contributed by atoms with Crippen LogP contribution in [0.25, 0.3) is 0 Å². The van der Waals surface area contributed by atoms with E-state index in [4.69, 9.17) is 32.7 Å². The zero-order chi connectivity index (χ0) is 16.8. The number of hydrogen-bond acceptors (Lipinski definition) is 3. The highest BCUT2D eigenvalue weighted by molar-refractivity contribution is 6.36. The van der Waals surface area contributed by atoms with Crippen molar-refractivity contribution in [1.82, 2.24) is 5.32 Å². The smallest absolute Gasteiger partial charge is 0.224 e. The first-order valence-corrected chi connectivity index (χ1v) is 7.71. The highest BCUT2D eigenvalue weighted by atomic mass is 35.5. The minimum absolute atomic E-state index is 0.116. The van der Waals surface area contributed by atoms with E-state index in [0.29, 0.717) is 33.7 Å². The number of methoxy groups -OCH3 is 2. The molecule has 0 fully saturated rings. The minimum atomic E-state index is -0.176. The van der Waals surface area contributed by atoms with Crippen molar-refractivity contribution in [2.24, 2.45) is 0 Å². The molecule has 0 bridgehead atoms. The van der Waals surface area contributed by atoms with Crippen LogP contribution in [0, 0.1) is 0 Å². The summed E-state index contributed by atoms with van der Waals surface area (Å²) < 4.78 is 10.5. The quantitative estimate of drug-likeness (QED) is 0.857. The Morgan fingerprint density at radius 1 is 1.09 bits per heavy atom. The highest BCUT2D eigenvalue weighted by Crippen LogP contribution is 2.25. The summed E-state index contributed by atoms with van der Waals surface area (Å²) in [5, 5.41) is 3.79. The molecule has 1 amide bonds. The van der Waals surface area contributed by atoms with Crippen LogP contribution in [0.2, 0.25) is 10.0 Å². The topological polar surface area (TPSA) is 47.6 Å². The molecule has 6 heteroatoms. The number of amides is 1. The number of nitrogens with one attached hydrogen (secondary N) is 1. The molecule has 0 spiro atoms. The number of hydrogen-bond donors (Lipinski definition) is 1. The fourth-order valence-electron chi connectivity index (χ4n) is 2.14. The molecular weight excluding hydrogens is 337 g/mol. The van der Waals surface area contributed by atoms with E-state index in [0.717, 1.165) is 5.56 Å². The molecule has 2 rings (SSSR count). The summed E-state index contributed by atoms with van der Waals surface area (Å²) in [6, 6.07) is 10.6. The monoisotopic (exact) mass is 353 g/mol. The summed E-state index contributed by atoms with van der Waals surface area (Å²) in [6.07, 6.45) is 0.116. The lowest BCUT2D eigenvalue weighted by atomic mass is 10.1. The van der Waals surface area contributed by atoms with Gasteiger partial charge in [0.15, 0.2) is 0 Å². The zero-order valence-corrected chi connectivity index (χ0v) is 14.4. The molecular formula is C17H17Cl2NO3. The summed E-state index contributed by atoms with van der Waals surface area (Å²) in [5.74, 6) is 1.20. The van der Waals surface area contributed by atoms with Crippen molar-refractivity contribution in [3.8, 4) is 11.5 Å². The molecule has 0 atom stereocenters. The van der Waals surface area contributed by atoms with Crippen molar-refractivity contribution in [3.63, 3.8) is 0 Å². The van der Waals surface area contributed by atoms with E-state index in [1.54, 1.807) is 44.6 Å². The number of carbonyl (C=O) groups excluding carboxylic acids is 1. The van der Waals surface area contributed by atoms with Gasteiger partial charge in [-0.25, -0.2) is 0 Å². The van der Waals surface area contributed by atoms with Crippen molar-refractivity contribution in [2.75, 3.05) is 14.2 Å². The Balaban J connectivity index is 2.05. The number of rotatable bonds is 6. The van der Waals surface area contributed by atoms with E-state index in [9.17, 15) is 4.79 Å². The SMILES string of the molecule is COc1ccc(OC)c(CNC(=O)Cc2c(Cl)cccc2Cl)c1. The molecule has 4 nitrogen and oxygen atoms in total. The van der Waals surface area contributed by atoms with Gasteiger partial charge in [-0.1, -0.05) is 29.3 Å². The molecule has 2 aromatic rings. The third-order valence-electron chi connectivity index (χ3n) is 3.36. The first-order chi connectivity index (χ1) is 11.0. The van der Waals surface area contributed by atoms with Crippen LogP contribution in [0.3, 0.4) is 0 Å². The van der Waals surface area contributed by atoms with E-state index in [1.807, 2.05) is 6.07 Å². The lowest BCUT2D eigenvalue weighted by molar-refractivity contribution is -0.120. The predicted octanol–water partition coefficient (Wildman–Crippen LogP) is 3.87. The van der Waals surface area contributed by atoms with Crippen LogP contribution >= 0.6 is 23.2 Å². The van der Waals surface area contributed by atoms with E-state index in [1.165, 1.54) is 0 Å². The fourth-order valence-corrected chi connectivity index (χ4v) is 2.67. The summed E-state index contributed by atoms with van der Waals surface area (Å²) in [6.45, 7) is 0.321. The Labute approximate surface area is 145 Å². The molecule has 1 N–H and O–H groups in total. The van der Waals surface area contributed by atoms with E-state index in [2.05, 4.69) is 5.32 Å². The first kappa shape index (κ1) is 17.4. The van der Waals surface area contributed by atoms with E-state index >= 15 is 0 Å². The second-order valence-electron chi connectivity index (χ2n) is 4.83. The van der Waals surface area contributed by atoms with Gasteiger partial charge in [-0.3, -0.25) is 4.79 Å². The molecule has 0 saturated carbocycles. The molecule has 0 aromatic heterocycles. The van der Waals surface area contributed by atoms with Gasteiger partial charge in [0, 0.05) is 22.2 Å². The number of carbonyl (C=O) groups is 1. The Hall–Kier alpha value is -1.91. The van der Waals surface area contributed by atoms with E-state index < -0.39 is 0 Å². The average molecular weight is 354 g/mol. The highest BCUT2D eigenvalue weighted by Gasteiger charge is 2.12. The number of benzene rings is 2. The summed E-state index contributed by atoms with van der Waals surface area (Å²) in [7, 11) is 3.17. The number of ether oxygens (including phenoxy) is 2. The van der Waals surface area contributed by atoms with Crippen molar-refractivity contribution in [2.45, 2.75) is 13.0 Å². The Bertz CT molecular complexity index is 684. The van der Waals surface area contributed by atoms with Crippen LogP contribution < -0.4 is 14.8 Å². The molecule has 0 aliphatic carbocycles. The van der Waals surface area contributed by atoms with Crippen molar-refractivity contribution in [1.29, 1.82) is 0 Å². The molecule has 0 radical (unpaired) electrons. The molecule has 0 heterocycles. The standard InChI is InChI=1S/C17H17Cl2NO3/c1-22-12-6-7-16(23-2)11(8-12)10-20-17(21)9-13-14(18)4-3-5-15(13)19/h3-8H,9-10H2,1-2H3,(H,20,21). The maximum Gasteiger partial charge on any atom is 0.224 e. The summed E-state index contributed by atoms with van der Waals surface area (Å²) in [4.78, 5) is 12.1. The van der Waals surface area contributed by atoms with Crippen molar-refractivity contribution < 1.29 is 14.3 Å². The first-order valence-electron chi connectivity index (χ1n) is 6.95. The van der Waals surface area contributed by atoms with Crippen LogP contribution in [0.5, 0.6) is 11.5 Å². The van der Waals surface area contributed by atoms with Crippen molar-refractivity contribution in [3.05, 3.63) is 57.6 Å². The average Bonchev–Trinajstić information content (AvgIpc) is 2.56. The normalized spacial score (nSPS) is 10.3. The minimum Gasteiger partial charge on any atom is -0.497 e. The van der Waals surface area contributed by atoms with Gasteiger partial charge in [0.2, 0.25) is 5.91 Å². The second kappa shape index (κ2) is 8.09. The van der Waals surface area contributed by atoms with Crippen LogP contribution in [0.1, 0.15) is 11.1 Å². The van der Waals surface area contributed by atoms with Gasteiger partial charge in [0.05, 0.1) is 20.6 Å². The molecule has 0 aliphatic heterocycles. The lowest BCUT2D eigenvalue weighted by Gasteiger charge is -2.12. The summed E-state index contributed by atoms with van der Waals surface area (Å²) in [5.41, 5.74) is 1.44. The lowest BCUT2D eigenvalue weighted by Crippen LogP contribution is -2.25.